The number of nitrogens with zero attached hydrogens (tertiary/aromatic N) is 1. The first-order valence-corrected chi connectivity index (χ1v) is 7.50. The van der Waals surface area contributed by atoms with Gasteiger partial charge in [0, 0.05) is 18.5 Å². The second kappa shape index (κ2) is 5.73. The molecule has 0 bridgehead atoms. The fourth-order valence-corrected chi connectivity index (χ4v) is 2.98. The second-order valence-corrected chi connectivity index (χ2v) is 5.45. The van der Waals surface area contributed by atoms with Gasteiger partial charge in [0.1, 0.15) is 18.1 Å². The highest BCUT2D eigenvalue weighted by molar-refractivity contribution is 5.72. The van der Waals surface area contributed by atoms with E-state index in [0.29, 0.717) is 6.61 Å². The molecule has 1 aromatic rings. The van der Waals surface area contributed by atoms with Crippen LogP contribution in [0.15, 0.2) is 28.3 Å². The van der Waals surface area contributed by atoms with E-state index in [9.17, 15) is 4.79 Å². The molecule has 3 rings (SSSR count). The number of rotatable bonds is 5. The number of furan rings is 1. The van der Waals surface area contributed by atoms with Crippen LogP contribution in [0.5, 0.6) is 0 Å². The van der Waals surface area contributed by atoms with E-state index in [4.69, 9.17) is 9.15 Å². The van der Waals surface area contributed by atoms with Crippen LogP contribution in [0, 0.1) is 0 Å². The molecular formula is C16H21NO3. The van der Waals surface area contributed by atoms with Crippen molar-refractivity contribution in [2.45, 2.75) is 51.5 Å². The molecule has 0 radical (unpaired) electrons. The number of carbonyl (C=O) groups is 1. The average Bonchev–Trinajstić information content (AvgIpc) is 3.07. The summed E-state index contributed by atoms with van der Waals surface area (Å²) in [6, 6.07) is 4.36. The molecule has 0 unspecified atom stereocenters. The van der Waals surface area contributed by atoms with Gasteiger partial charge in [-0.15, -0.1) is 0 Å². The van der Waals surface area contributed by atoms with Crippen LogP contribution in [0.25, 0.3) is 0 Å². The van der Waals surface area contributed by atoms with E-state index in [1.165, 1.54) is 0 Å². The molecule has 20 heavy (non-hydrogen) atoms. The molecule has 108 valence electrons. The van der Waals surface area contributed by atoms with E-state index in [0.717, 1.165) is 55.7 Å². The minimum Gasteiger partial charge on any atom is -0.466 e. The third-order valence-electron chi connectivity index (χ3n) is 4.07. The zero-order valence-corrected chi connectivity index (χ0v) is 11.9. The number of cyclic esters (lactones) is 1. The lowest BCUT2D eigenvalue weighted by molar-refractivity contribution is 0.163. The summed E-state index contributed by atoms with van der Waals surface area (Å²) < 4.78 is 10.8. The summed E-state index contributed by atoms with van der Waals surface area (Å²) in [5, 5.41) is 0. The molecule has 3 heterocycles. The van der Waals surface area contributed by atoms with Crippen molar-refractivity contribution in [2.24, 2.45) is 0 Å². The predicted octanol–water partition coefficient (Wildman–Crippen LogP) is 3.66. The van der Waals surface area contributed by atoms with Gasteiger partial charge in [0.15, 0.2) is 0 Å². The number of carbonyl (C=O) groups excluding carboxylic acids is 1. The number of allylic oxidation sites excluding steroid dienone is 2. The van der Waals surface area contributed by atoms with E-state index >= 15 is 0 Å². The molecule has 4 heteroatoms. The van der Waals surface area contributed by atoms with E-state index in [-0.39, 0.29) is 12.1 Å². The van der Waals surface area contributed by atoms with Crippen LogP contribution in [0.4, 0.5) is 4.79 Å². The number of aryl methyl sites for hydroxylation is 2. The zero-order valence-electron chi connectivity index (χ0n) is 11.9. The Balaban J connectivity index is 1.55. The Bertz CT molecular complexity index is 518. The topological polar surface area (TPSA) is 42.7 Å². The molecule has 0 spiro atoms. The quantitative estimate of drug-likeness (QED) is 0.823. The highest BCUT2D eigenvalue weighted by atomic mass is 16.6. The van der Waals surface area contributed by atoms with Gasteiger partial charge in [-0.25, -0.2) is 4.79 Å². The van der Waals surface area contributed by atoms with Gasteiger partial charge in [-0.2, -0.15) is 0 Å². The lowest BCUT2D eigenvalue weighted by Gasteiger charge is -2.28. The first-order chi connectivity index (χ1) is 9.78. The van der Waals surface area contributed by atoms with Gasteiger partial charge in [0.2, 0.25) is 0 Å². The fourth-order valence-electron chi connectivity index (χ4n) is 2.98. The summed E-state index contributed by atoms with van der Waals surface area (Å²) in [7, 11) is 0. The maximum atomic E-state index is 11.7. The summed E-state index contributed by atoms with van der Waals surface area (Å²) in [6.07, 6.45) is 7.85. The molecule has 1 fully saturated rings. The average molecular weight is 275 g/mol. The molecule has 0 saturated carbocycles. The molecule has 0 aliphatic carbocycles. The molecule has 2 aliphatic heterocycles. The van der Waals surface area contributed by atoms with Crippen LogP contribution in [-0.4, -0.2) is 23.6 Å². The van der Waals surface area contributed by atoms with Crippen LogP contribution in [0.2, 0.25) is 0 Å². The van der Waals surface area contributed by atoms with Crippen molar-refractivity contribution >= 4 is 6.09 Å². The van der Waals surface area contributed by atoms with Crippen LogP contribution < -0.4 is 0 Å². The standard InChI is InChI=1S/C16H21NO3/c1-2-14-9-10-15(20-14)8-4-6-12-5-3-7-13-11-19-16(18)17(12)13/h5,9-10,13H,2-4,6-8,11H2,1H3/t13-/m0/s1. The number of fused-ring (bicyclic) bond motifs is 1. The molecule has 1 amide bonds. The van der Waals surface area contributed by atoms with Gasteiger partial charge in [0.25, 0.3) is 0 Å². The van der Waals surface area contributed by atoms with Crippen molar-refractivity contribution in [2.75, 3.05) is 6.61 Å². The van der Waals surface area contributed by atoms with Crippen LogP contribution in [-0.2, 0) is 17.6 Å². The smallest absolute Gasteiger partial charge is 0.414 e. The largest absolute Gasteiger partial charge is 0.466 e. The lowest BCUT2D eigenvalue weighted by Crippen LogP contribution is -2.35. The van der Waals surface area contributed by atoms with Crippen molar-refractivity contribution in [1.82, 2.24) is 4.90 Å². The minimum absolute atomic E-state index is 0.174. The lowest BCUT2D eigenvalue weighted by atomic mass is 10.0. The van der Waals surface area contributed by atoms with E-state index in [2.05, 4.69) is 19.1 Å². The minimum atomic E-state index is -0.174. The highest BCUT2D eigenvalue weighted by Gasteiger charge is 2.36. The van der Waals surface area contributed by atoms with Gasteiger partial charge in [0.05, 0.1) is 6.04 Å². The Morgan fingerprint density at radius 1 is 1.30 bits per heavy atom. The Morgan fingerprint density at radius 3 is 2.95 bits per heavy atom. The summed E-state index contributed by atoms with van der Waals surface area (Å²) in [5.74, 6) is 2.08. The summed E-state index contributed by atoms with van der Waals surface area (Å²) in [5.41, 5.74) is 1.13. The van der Waals surface area contributed by atoms with Crippen LogP contribution >= 0.6 is 0 Å². The number of hydrogen-bond acceptors (Lipinski definition) is 3. The van der Waals surface area contributed by atoms with Crippen molar-refractivity contribution < 1.29 is 13.9 Å². The molecule has 0 aromatic carbocycles. The maximum Gasteiger partial charge on any atom is 0.414 e. The normalized spacial score (nSPS) is 21.6. The molecule has 1 aromatic heterocycles. The van der Waals surface area contributed by atoms with Gasteiger partial charge >= 0.3 is 6.09 Å². The number of ether oxygens (including phenoxy) is 1. The van der Waals surface area contributed by atoms with E-state index in [1.54, 1.807) is 0 Å². The Kier molecular flexibility index (Phi) is 3.81. The molecule has 1 atom stereocenters. The van der Waals surface area contributed by atoms with Crippen LogP contribution in [0.3, 0.4) is 0 Å². The summed E-state index contributed by atoms with van der Waals surface area (Å²) in [6.45, 7) is 2.64. The van der Waals surface area contributed by atoms with Gasteiger partial charge in [-0.1, -0.05) is 13.0 Å². The van der Waals surface area contributed by atoms with Crippen LogP contribution in [0.1, 0.15) is 44.1 Å². The van der Waals surface area contributed by atoms with Gasteiger partial charge in [-0.05, 0) is 37.8 Å². The summed E-state index contributed by atoms with van der Waals surface area (Å²) >= 11 is 0. The number of amides is 1. The van der Waals surface area contributed by atoms with E-state index in [1.807, 2.05) is 11.0 Å². The summed E-state index contributed by atoms with van der Waals surface area (Å²) in [4.78, 5) is 13.6. The molecule has 1 saturated heterocycles. The molecule has 4 nitrogen and oxygen atoms in total. The first kappa shape index (κ1) is 13.3. The van der Waals surface area contributed by atoms with Crippen molar-refractivity contribution in [3.63, 3.8) is 0 Å². The Morgan fingerprint density at radius 2 is 2.15 bits per heavy atom. The second-order valence-electron chi connectivity index (χ2n) is 5.45. The fraction of sp³-hybridized carbons (Fsp3) is 0.562. The number of hydrogen-bond donors (Lipinski definition) is 0. The molecule has 0 N–H and O–H groups in total. The highest BCUT2D eigenvalue weighted by Crippen LogP contribution is 2.30. The maximum absolute atomic E-state index is 11.7. The third kappa shape index (κ3) is 2.60. The first-order valence-electron chi connectivity index (χ1n) is 7.50. The van der Waals surface area contributed by atoms with E-state index < -0.39 is 0 Å². The van der Waals surface area contributed by atoms with Crippen molar-refractivity contribution in [3.8, 4) is 0 Å². The Labute approximate surface area is 119 Å². The SMILES string of the molecule is CCc1ccc(CCCC2=CCC[C@H]3COC(=O)N23)o1. The van der Waals surface area contributed by atoms with Crippen molar-refractivity contribution in [3.05, 3.63) is 35.4 Å². The van der Waals surface area contributed by atoms with Gasteiger partial charge in [-0.3, -0.25) is 4.90 Å². The molecular weight excluding hydrogens is 254 g/mol. The predicted molar refractivity (Wildman–Crippen MR) is 75.3 cm³/mol. The van der Waals surface area contributed by atoms with Crippen molar-refractivity contribution in [1.29, 1.82) is 0 Å². The Hall–Kier alpha value is -1.71. The third-order valence-corrected chi connectivity index (χ3v) is 4.07. The monoisotopic (exact) mass is 275 g/mol. The van der Waals surface area contributed by atoms with Gasteiger partial charge < -0.3 is 9.15 Å². The molecule has 2 aliphatic rings. The zero-order chi connectivity index (χ0) is 13.9.